The van der Waals surface area contributed by atoms with E-state index in [0.717, 1.165) is 5.56 Å². The number of hydrogen-bond acceptors (Lipinski definition) is 4. The molecule has 0 saturated carbocycles. The van der Waals surface area contributed by atoms with Gasteiger partial charge in [-0.15, -0.1) is 0 Å². The van der Waals surface area contributed by atoms with Gasteiger partial charge in [0, 0.05) is 17.2 Å². The van der Waals surface area contributed by atoms with E-state index in [9.17, 15) is 17.6 Å². The predicted octanol–water partition coefficient (Wildman–Crippen LogP) is 3.92. The van der Waals surface area contributed by atoms with E-state index in [1.54, 1.807) is 53.4 Å². The smallest absolute Gasteiger partial charge is 0.254 e. The highest BCUT2D eigenvalue weighted by Gasteiger charge is 2.35. The lowest BCUT2D eigenvalue weighted by Gasteiger charge is -2.27. The van der Waals surface area contributed by atoms with Crippen molar-refractivity contribution in [1.82, 2.24) is 4.90 Å². The molecule has 1 aliphatic rings. The second kappa shape index (κ2) is 7.83. The van der Waals surface area contributed by atoms with E-state index in [1.807, 2.05) is 6.07 Å². The van der Waals surface area contributed by atoms with Gasteiger partial charge >= 0.3 is 0 Å². The van der Waals surface area contributed by atoms with Crippen molar-refractivity contribution in [3.63, 3.8) is 0 Å². The molecule has 1 aliphatic heterocycles. The standard InChI is InChI=1S/C22H20FNO4S/c23-18-8-6-16(7-9-18)21-11-10-20(28-21)14-24(19-12-13-29(26,27)15-19)22(25)17-4-2-1-3-5-17/h1-11,19H,12-15H2/t19-/m1/s1. The first-order chi connectivity index (χ1) is 13.9. The van der Waals surface area contributed by atoms with Gasteiger partial charge in [0.15, 0.2) is 9.84 Å². The van der Waals surface area contributed by atoms with E-state index in [1.165, 1.54) is 12.1 Å². The number of carbonyl (C=O) groups excluding carboxylic acids is 1. The topological polar surface area (TPSA) is 67.6 Å². The van der Waals surface area contributed by atoms with Gasteiger partial charge in [0.25, 0.3) is 5.91 Å². The van der Waals surface area contributed by atoms with Crippen LogP contribution in [0.1, 0.15) is 22.5 Å². The molecule has 0 radical (unpaired) electrons. The zero-order valence-electron chi connectivity index (χ0n) is 15.6. The fourth-order valence-corrected chi connectivity index (χ4v) is 5.27. The van der Waals surface area contributed by atoms with Gasteiger partial charge in [-0.25, -0.2) is 12.8 Å². The lowest BCUT2D eigenvalue weighted by atomic mass is 10.1. The molecule has 150 valence electrons. The Kier molecular flexibility index (Phi) is 5.24. The molecule has 29 heavy (non-hydrogen) atoms. The highest BCUT2D eigenvalue weighted by Crippen LogP contribution is 2.26. The van der Waals surface area contributed by atoms with Crippen LogP contribution in [0.4, 0.5) is 4.39 Å². The minimum absolute atomic E-state index is 0.0445. The average Bonchev–Trinajstić information content (AvgIpc) is 3.33. The first-order valence-corrected chi connectivity index (χ1v) is 11.1. The van der Waals surface area contributed by atoms with Crippen LogP contribution in [-0.2, 0) is 16.4 Å². The van der Waals surface area contributed by atoms with Gasteiger partial charge in [0.1, 0.15) is 17.3 Å². The second-order valence-corrected chi connectivity index (χ2v) is 9.36. The molecule has 1 atom stereocenters. The summed E-state index contributed by atoms with van der Waals surface area (Å²) in [5, 5.41) is 0. The third-order valence-corrected chi connectivity index (χ3v) is 6.80. The minimum Gasteiger partial charge on any atom is -0.459 e. The maximum absolute atomic E-state index is 13.1. The van der Waals surface area contributed by atoms with Crippen molar-refractivity contribution in [2.24, 2.45) is 0 Å². The number of hydrogen-bond donors (Lipinski definition) is 0. The first-order valence-electron chi connectivity index (χ1n) is 9.32. The number of amides is 1. The lowest BCUT2D eigenvalue weighted by Crippen LogP contribution is -2.40. The van der Waals surface area contributed by atoms with E-state index >= 15 is 0 Å². The molecular formula is C22H20FNO4S. The highest BCUT2D eigenvalue weighted by atomic mass is 32.2. The third kappa shape index (κ3) is 4.40. The fraction of sp³-hybridized carbons (Fsp3) is 0.227. The van der Waals surface area contributed by atoms with Gasteiger partial charge in [-0.05, 0) is 55.0 Å². The van der Waals surface area contributed by atoms with Crippen LogP contribution < -0.4 is 0 Å². The molecule has 4 rings (SSSR count). The Hall–Kier alpha value is -2.93. The molecule has 0 bridgehead atoms. The molecule has 7 heteroatoms. The number of nitrogens with zero attached hydrogens (tertiary/aromatic N) is 1. The Bertz CT molecular complexity index is 1110. The van der Waals surface area contributed by atoms with Gasteiger partial charge in [-0.3, -0.25) is 4.79 Å². The molecule has 0 aliphatic carbocycles. The molecular weight excluding hydrogens is 393 g/mol. The van der Waals surface area contributed by atoms with Crippen molar-refractivity contribution < 1.29 is 22.0 Å². The number of rotatable bonds is 5. The third-order valence-electron chi connectivity index (χ3n) is 5.05. The summed E-state index contributed by atoms with van der Waals surface area (Å²) in [4.78, 5) is 14.7. The molecule has 1 amide bonds. The highest BCUT2D eigenvalue weighted by molar-refractivity contribution is 7.91. The van der Waals surface area contributed by atoms with Crippen LogP contribution in [0.3, 0.4) is 0 Å². The Morgan fingerprint density at radius 3 is 2.41 bits per heavy atom. The van der Waals surface area contributed by atoms with Crippen LogP contribution in [0.15, 0.2) is 71.1 Å². The maximum atomic E-state index is 13.1. The molecule has 1 fully saturated rings. The Balaban J connectivity index is 1.60. The Morgan fingerprint density at radius 2 is 1.76 bits per heavy atom. The molecule has 2 aromatic carbocycles. The predicted molar refractivity (Wildman–Crippen MR) is 107 cm³/mol. The van der Waals surface area contributed by atoms with Crippen LogP contribution in [0.25, 0.3) is 11.3 Å². The van der Waals surface area contributed by atoms with E-state index < -0.39 is 15.9 Å². The lowest BCUT2D eigenvalue weighted by molar-refractivity contribution is 0.0666. The molecule has 1 saturated heterocycles. The van der Waals surface area contributed by atoms with Crippen molar-refractivity contribution in [1.29, 1.82) is 0 Å². The van der Waals surface area contributed by atoms with E-state index in [-0.39, 0.29) is 29.8 Å². The normalized spacial score (nSPS) is 17.9. The molecule has 5 nitrogen and oxygen atoms in total. The molecule has 2 heterocycles. The summed E-state index contributed by atoms with van der Waals surface area (Å²) in [6.45, 7) is 0.162. The number of furan rings is 1. The average molecular weight is 413 g/mol. The van der Waals surface area contributed by atoms with Crippen LogP contribution in [0.2, 0.25) is 0 Å². The largest absolute Gasteiger partial charge is 0.459 e. The number of sulfone groups is 1. The van der Waals surface area contributed by atoms with E-state index in [0.29, 0.717) is 23.5 Å². The number of benzene rings is 2. The quantitative estimate of drug-likeness (QED) is 0.636. The monoisotopic (exact) mass is 413 g/mol. The maximum Gasteiger partial charge on any atom is 0.254 e. The molecule has 1 aromatic heterocycles. The molecule has 3 aromatic rings. The van der Waals surface area contributed by atoms with Gasteiger partial charge < -0.3 is 9.32 Å². The van der Waals surface area contributed by atoms with Crippen LogP contribution >= 0.6 is 0 Å². The summed E-state index contributed by atoms with van der Waals surface area (Å²) in [6.07, 6.45) is 0.409. The summed E-state index contributed by atoms with van der Waals surface area (Å²) in [5.74, 6) is 0.575. The second-order valence-electron chi connectivity index (χ2n) is 7.13. The Morgan fingerprint density at radius 1 is 1.03 bits per heavy atom. The van der Waals surface area contributed by atoms with Crippen molar-refractivity contribution in [3.8, 4) is 11.3 Å². The van der Waals surface area contributed by atoms with Crippen molar-refractivity contribution in [2.45, 2.75) is 19.0 Å². The number of halogens is 1. The van der Waals surface area contributed by atoms with Crippen LogP contribution in [-0.4, -0.2) is 36.8 Å². The van der Waals surface area contributed by atoms with Crippen molar-refractivity contribution >= 4 is 15.7 Å². The van der Waals surface area contributed by atoms with Crippen LogP contribution in [0.5, 0.6) is 0 Å². The summed E-state index contributed by atoms with van der Waals surface area (Å²) < 4.78 is 43.0. The van der Waals surface area contributed by atoms with Crippen LogP contribution in [0, 0.1) is 5.82 Å². The van der Waals surface area contributed by atoms with E-state index in [2.05, 4.69) is 0 Å². The number of carbonyl (C=O) groups is 1. The van der Waals surface area contributed by atoms with Crippen molar-refractivity contribution in [2.75, 3.05) is 11.5 Å². The molecule has 0 N–H and O–H groups in total. The van der Waals surface area contributed by atoms with Crippen molar-refractivity contribution in [3.05, 3.63) is 83.9 Å². The molecule has 0 unspecified atom stereocenters. The van der Waals surface area contributed by atoms with Gasteiger partial charge in [-0.1, -0.05) is 18.2 Å². The zero-order chi connectivity index (χ0) is 20.4. The summed E-state index contributed by atoms with van der Waals surface area (Å²) in [5.41, 5.74) is 1.23. The van der Waals surface area contributed by atoms with Gasteiger partial charge in [-0.2, -0.15) is 0 Å². The molecule has 0 spiro atoms. The minimum atomic E-state index is -3.15. The zero-order valence-corrected chi connectivity index (χ0v) is 16.4. The summed E-state index contributed by atoms with van der Waals surface area (Å²) >= 11 is 0. The fourth-order valence-electron chi connectivity index (χ4n) is 3.53. The summed E-state index contributed by atoms with van der Waals surface area (Å²) in [7, 11) is -3.15. The van der Waals surface area contributed by atoms with Gasteiger partial charge in [0.05, 0.1) is 18.1 Å². The Labute approximate surface area is 168 Å². The van der Waals surface area contributed by atoms with E-state index in [4.69, 9.17) is 4.42 Å². The van der Waals surface area contributed by atoms with Gasteiger partial charge in [0.2, 0.25) is 0 Å². The SMILES string of the molecule is O=C(c1ccccc1)N(Cc1ccc(-c2ccc(F)cc2)o1)[C@@H]1CCS(=O)(=O)C1. The summed E-state index contributed by atoms with van der Waals surface area (Å²) in [6, 6.07) is 17.9. The first kappa shape index (κ1) is 19.4.